The highest BCUT2D eigenvalue weighted by Crippen LogP contribution is 2.66. The number of benzene rings is 3. The third kappa shape index (κ3) is 9.55. The molecule has 4 fully saturated rings. The molecular weight excluding hydrogens is 828 g/mol. The van der Waals surface area contributed by atoms with Crippen molar-refractivity contribution < 1.29 is 60.5 Å². The van der Waals surface area contributed by atoms with Crippen LogP contribution in [-0.2, 0) is 44.2 Å². The van der Waals surface area contributed by atoms with Crippen LogP contribution in [0.5, 0.6) is 0 Å². The highest BCUT2D eigenvalue weighted by molar-refractivity contribution is 7.97. The average Bonchev–Trinajstić information content (AvgIpc) is 3.58. The maximum absolute atomic E-state index is 13.9. The average molecular weight is 877 g/mol. The molecule has 0 aliphatic heterocycles. The van der Waals surface area contributed by atoms with Crippen molar-refractivity contribution in [1.29, 1.82) is 0 Å². The molecule has 7 rings (SSSR count). The smallest absolute Gasteiger partial charge is 0.432 e. The van der Waals surface area contributed by atoms with Crippen LogP contribution in [0.25, 0.3) is 0 Å². The van der Waals surface area contributed by atoms with E-state index >= 15 is 0 Å². The standard InChI is InChI=1S/C27H35F5O8S.C18H15S/c1-13(4-7-21(36)38-23(26(28,29)30)27(31,32)41-40-39-37)16-5-6-17-22-18(12-20(35)25(16,17)3)24(2)9-8-15(33)10-14(24)11-19(22)34;1-4-10-16(11-5-1)19(17-12-6-2-7-13-17)18-14-8-3-9-15-18/h13-14,16-18,22-23,37H,4-12H2,1-3H3;1-15H/q;+1/p-1/t13?,14-,16+,17-,18-,22-,23?,24-,25+;/m0./s1. The van der Waals surface area contributed by atoms with Crippen LogP contribution in [0.2, 0.25) is 0 Å². The molecule has 0 aromatic heterocycles. The Morgan fingerprint density at radius 2 is 1.38 bits per heavy atom. The molecule has 0 heterocycles. The number of esters is 1. The number of fused-ring (bicyclic) bond motifs is 5. The Morgan fingerprint density at radius 3 is 1.90 bits per heavy atom. The molecule has 0 saturated heterocycles. The van der Waals surface area contributed by atoms with Crippen molar-refractivity contribution in [3.05, 3.63) is 91.0 Å². The van der Waals surface area contributed by atoms with Crippen molar-refractivity contribution in [3.63, 3.8) is 0 Å². The number of carbonyl (C=O) groups is 4. The van der Waals surface area contributed by atoms with Crippen LogP contribution < -0.4 is 5.26 Å². The van der Waals surface area contributed by atoms with Gasteiger partial charge in [-0.25, -0.2) is 0 Å². The van der Waals surface area contributed by atoms with E-state index in [1.165, 1.54) is 14.7 Å². The molecule has 4 aliphatic carbocycles. The zero-order valence-electron chi connectivity index (χ0n) is 33.5. The molecule has 4 saturated carbocycles. The second-order valence-corrected chi connectivity index (χ2v) is 19.8. The molecule has 0 N–H and O–H groups in total. The zero-order chi connectivity index (χ0) is 43.5. The number of rotatable bonds is 12. The fourth-order valence-corrected chi connectivity index (χ4v) is 13.1. The normalized spacial score (nSPS) is 28.8. The van der Waals surface area contributed by atoms with Crippen molar-refractivity contribution in [3.8, 4) is 0 Å². The molecule has 0 radical (unpaired) electrons. The van der Waals surface area contributed by atoms with Crippen molar-refractivity contribution in [2.45, 2.75) is 111 Å². The first kappa shape index (κ1) is 45.9. The molecule has 324 valence electrons. The molecule has 4 aliphatic rings. The summed E-state index contributed by atoms with van der Waals surface area (Å²) in [6.45, 7) is 5.69. The molecule has 3 aromatic carbocycles. The lowest BCUT2D eigenvalue weighted by Crippen LogP contribution is -2.60. The molecular formula is C45H49F5O8S2. The van der Waals surface area contributed by atoms with Gasteiger partial charge < -0.3 is 9.99 Å². The van der Waals surface area contributed by atoms with Crippen LogP contribution in [0.1, 0.15) is 78.6 Å². The maximum Gasteiger partial charge on any atom is 0.432 e. The van der Waals surface area contributed by atoms with E-state index in [4.69, 9.17) is 0 Å². The van der Waals surface area contributed by atoms with Gasteiger partial charge in [0.2, 0.25) is 0 Å². The summed E-state index contributed by atoms with van der Waals surface area (Å²) >= 11 is -1.22. The molecule has 15 heteroatoms. The number of alkyl halides is 5. The topological polar surface area (TPSA) is 119 Å². The van der Waals surface area contributed by atoms with E-state index < -0.39 is 47.4 Å². The lowest BCUT2D eigenvalue weighted by atomic mass is 9.44. The van der Waals surface area contributed by atoms with Gasteiger partial charge in [-0.1, -0.05) is 75.4 Å². The van der Waals surface area contributed by atoms with Crippen LogP contribution >= 0.6 is 12.0 Å². The Kier molecular flexibility index (Phi) is 14.4. The van der Waals surface area contributed by atoms with Gasteiger partial charge in [-0.2, -0.15) is 26.3 Å². The monoisotopic (exact) mass is 876 g/mol. The Morgan fingerprint density at radius 1 is 0.833 bits per heavy atom. The number of carbonyl (C=O) groups excluding carboxylic acids is 4. The molecule has 60 heavy (non-hydrogen) atoms. The summed E-state index contributed by atoms with van der Waals surface area (Å²) in [5.41, 5.74) is -1.15. The summed E-state index contributed by atoms with van der Waals surface area (Å²) in [5.74, 6) is -2.65. The van der Waals surface area contributed by atoms with Crippen molar-refractivity contribution >= 4 is 46.3 Å². The minimum absolute atomic E-state index is 0.0146. The molecule has 3 aromatic rings. The Bertz CT molecular complexity index is 1880. The fraction of sp³-hybridized carbons (Fsp3) is 0.511. The van der Waals surface area contributed by atoms with Crippen LogP contribution in [0.4, 0.5) is 22.0 Å². The molecule has 0 bridgehead atoms. The van der Waals surface area contributed by atoms with Gasteiger partial charge in [-0.3, -0.25) is 24.2 Å². The first-order valence-corrected chi connectivity index (χ1v) is 22.1. The molecule has 0 spiro atoms. The van der Waals surface area contributed by atoms with Crippen LogP contribution in [0, 0.1) is 46.3 Å². The molecule has 9 atom stereocenters. The molecule has 8 nitrogen and oxygen atoms in total. The summed E-state index contributed by atoms with van der Waals surface area (Å²) in [6.07, 6.45) is -7.01. The van der Waals surface area contributed by atoms with Crippen molar-refractivity contribution in [2.75, 3.05) is 0 Å². The number of ether oxygens (including phenoxy) is 1. The third-order valence-electron chi connectivity index (χ3n) is 13.7. The predicted molar refractivity (Wildman–Crippen MR) is 212 cm³/mol. The van der Waals surface area contributed by atoms with E-state index in [1.807, 2.05) is 6.92 Å². The predicted octanol–water partition coefficient (Wildman–Crippen LogP) is 9.71. The first-order valence-electron chi connectivity index (χ1n) is 20.2. The Hall–Kier alpha value is -3.63. The van der Waals surface area contributed by atoms with E-state index in [2.05, 4.69) is 112 Å². The second kappa shape index (κ2) is 18.8. The van der Waals surface area contributed by atoms with E-state index in [1.54, 1.807) is 6.92 Å². The van der Waals surface area contributed by atoms with Gasteiger partial charge in [-0.05, 0) is 97.1 Å². The third-order valence-corrected chi connectivity index (χ3v) is 16.5. The van der Waals surface area contributed by atoms with E-state index in [9.17, 15) is 46.4 Å². The summed E-state index contributed by atoms with van der Waals surface area (Å²) in [5, 5.41) is 7.62. The highest BCUT2D eigenvalue weighted by atomic mass is 32.2. The van der Waals surface area contributed by atoms with Crippen LogP contribution in [0.15, 0.2) is 106 Å². The Labute approximate surface area is 353 Å². The van der Waals surface area contributed by atoms with Gasteiger partial charge in [0, 0.05) is 43.4 Å². The van der Waals surface area contributed by atoms with Crippen LogP contribution in [-0.4, -0.2) is 40.9 Å². The number of hydrogen-bond donors (Lipinski definition) is 0. The maximum atomic E-state index is 13.9. The quantitative estimate of drug-likeness (QED) is 0.0438. The SMILES string of the molecule is CC(CCC(=O)OC(C(F)(F)F)C(F)(F)SOO[O-])[C@H]1CC[C@H]2[C@@H]3C(=O)C[C@@H]4CC(=O)CC[C@]4(C)[C@H]3CC(=O)[C@]12C.c1ccc([S+](c2ccccc2)c2ccccc2)cc1. The van der Waals surface area contributed by atoms with Gasteiger partial charge in [0.1, 0.15) is 29.4 Å². The fourth-order valence-electron chi connectivity index (χ4n) is 10.6. The van der Waals surface area contributed by atoms with Crippen molar-refractivity contribution in [1.82, 2.24) is 0 Å². The van der Waals surface area contributed by atoms with E-state index in [-0.39, 0.29) is 82.0 Å². The second-order valence-electron chi connectivity index (χ2n) is 16.9. The zero-order valence-corrected chi connectivity index (χ0v) is 35.2. The van der Waals surface area contributed by atoms with Crippen LogP contribution in [0.3, 0.4) is 0 Å². The van der Waals surface area contributed by atoms with Gasteiger partial charge >= 0.3 is 17.4 Å². The summed E-state index contributed by atoms with van der Waals surface area (Å²) < 4.78 is 74.9. The van der Waals surface area contributed by atoms with Gasteiger partial charge in [-0.15, -0.1) is 0 Å². The number of hydrogen-bond acceptors (Lipinski definition) is 9. The van der Waals surface area contributed by atoms with Crippen molar-refractivity contribution in [2.24, 2.45) is 46.3 Å². The van der Waals surface area contributed by atoms with E-state index in [0.29, 0.717) is 38.5 Å². The minimum Gasteiger partial charge on any atom is -0.691 e. The number of Topliss-reactive ketones (excluding diaryl/α,β-unsaturated/α-hetero) is 3. The van der Waals surface area contributed by atoms with Gasteiger partial charge in [0.05, 0.1) is 10.9 Å². The van der Waals surface area contributed by atoms with Gasteiger partial charge in [0.25, 0.3) is 6.10 Å². The lowest BCUT2D eigenvalue weighted by Gasteiger charge is -2.58. The lowest BCUT2D eigenvalue weighted by molar-refractivity contribution is -0.777. The first-order chi connectivity index (χ1) is 28.4. The highest BCUT2D eigenvalue weighted by Gasteiger charge is 2.66. The summed E-state index contributed by atoms with van der Waals surface area (Å²) in [4.78, 5) is 55.8. The summed E-state index contributed by atoms with van der Waals surface area (Å²) in [7, 11) is -0.0146. The minimum atomic E-state index is -5.66. The largest absolute Gasteiger partial charge is 0.691 e. The molecule has 2 unspecified atom stereocenters. The number of ketones is 3. The number of halogens is 5. The van der Waals surface area contributed by atoms with Gasteiger partial charge in [0.15, 0.2) is 14.7 Å². The summed E-state index contributed by atoms with van der Waals surface area (Å²) in [6, 6.07) is 32.2. The molecule has 0 amide bonds. The van der Waals surface area contributed by atoms with E-state index in [0.717, 1.165) is 0 Å². The Balaban J connectivity index is 0.000000263.